The Balaban J connectivity index is 1.98. The SMILES string of the molecule is O=C(OCc1ccccc1)c1cccc(O[B]O)c1. The first kappa shape index (κ1) is 13.2. The molecule has 0 heterocycles. The zero-order chi connectivity index (χ0) is 13.5. The molecule has 0 aromatic heterocycles. The fourth-order valence-electron chi connectivity index (χ4n) is 1.56. The second-order valence-corrected chi connectivity index (χ2v) is 3.81. The minimum Gasteiger partial charge on any atom is -0.537 e. The molecule has 0 unspecified atom stereocenters. The summed E-state index contributed by atoms with van der Waals surface area (Å²) in [5.41, 5.74) is 1.29. The Labute approximate surface area is 111 Å². The standard InChI is InChI=1S/C14H12BO4/c16-14(18-10-11-5-2-1-3-6-11)12-7-4-8-13(9-12)19-15-17/h1-9,17H,10H2. The first-order chi connectivity index (χ1) is 9.29. The van der Waals surface area contributed by atoms with Crippen LogP contribution in [-0.2, 0) is 11.3 Å². The minimum absolute atomic E-state index is 0.219. The van der Waals surface area contributed by atoms with Gasteiger partial charge in [-0.05, 0) is 23.8 Å². The van der Waals surface area contributed by atoms with Crippen molar-refractivity contribution in [2.75, 3.05) is 0 Å². The van der Waals surface area contributed by atoms with Crippen LogP contribution in [0.15, 0.2) is 54.6 Å². The minimum atomic E-state index is -0.438. The third-order valence-electron chi connectivity index (χ3n) is 2.47. The van der Waals surface area contributed by atoms with Gasteiger partial charge in [-0.3, -0.25) is 0 Å². The number of hydrogen-bond acceptors (Lipinski definition) is 4. The maximum atomic E-state index is 11.8. The Hall–Kier alpha value is -2.27. The van der Waals surface area contributed by atoms with Crippen LogP contribution in [0.1, 0.15) is 15.9 Å². The second-order valence-electron chi connectivity index (χ2n) is 3.81. The predicted molar refractivity (Wildman–Crippen MR) is 70.6 cm³/mol. The number of hydrogen-bond donors (Lipinski definition) is 1. The average molecular weight is 255 g/mol. The van der Waals surface area contributed by atoms with Gasteiger partial charge in [-0.15, -0.1) is 0 Å². The molecule has 95 valence electrons. The molecule has 0 amide bonds. The van der Waals surface area contributed by atoms with Gasteiger partial charge in [-0.1, -0.05) is 36.4 Å². The van der Waals surface area contributed by atoms with Crippen molar-refractivity contribution in [1.82, 2.24) is 0 Å². The van der Waals surface area contributed by atoms with Crippen molar-refractivity contribution in [3.05, 3.63) is 65.7 Å². The normalized spacial score (nSPS) is 9.74. The van der Waals surface area contributed by atoms with Crippen LogP contribution in [0.4, 0.5) is 0 Å². The fourth-order valence-corrected chi connectivity index (χ4v) is 1.56. The van der Waals surface area contributed by atoms with E-state index in [9.17, 15) is 4.79 Å². The van der Waals surface area contributed by atoms with E-state index in [1.54, 1.807) is 18.2 Å². The van der Waals surface area contributed by atoms with E-state index in [-0.39, 0.29) is 6.61 Å². The quantitative estimate of drug-likeness (QED) is 0.655. The lowest BCUT2D eigenvalue weighted by Crippen LogP contribution is -2.06. The lowest BCUT2D eigenvalue weighted by molar-refractivity contribution is 0.0472. The van der Waals surface area contributed by atoms with Crippen LogP contribution < -0.4 is 4.65 Å². The lowest BCUT2D eigenvalue weighted by atomic mass is 10.2. The number of carbonyl (C=O) groups excluding carboxylic acids is 1. The van der Waals surface area contributed by atoms with Gasteiger partial charge in [0, 0.05) is 0 Å². The third-order valence-corrected chi connectivity index (χ3v) is 2.47. The molecule has 5 heteroatoms. The molecule has 0 atom stereocenters. The number of esters is 1. The summed E-state index contributed by atoms with van der Waals surface area (Å²) in [6, 6.07) is 15.8. The van der Waals surface area contributed by atoms with Gasteiger partial charge in [0.25, 0.3) is 0 Å². The van der Waals surface area contributed by atoms with Crippen LogP contribution in [0.25, 0.3) is 0 Å². The highest BCUT2D eigenvalue weighted by molar-refractivity contribution is 6.17. The van der Waals surface area contributed by atoms with Gasteiger partial charge < -0.3 is 14.4 Å². The molecular weight excluding hydrogens is 243 g/mol. The topological polar surface area (TPSA) is 55.8 Å². The molecule has 2 aromatic rings. The summed E-state index contributed by atoms with van der Waals surface area (Å²) < 4.78 is 9.96. The van der Waals surface area contributed by atoms with Crippen molar-refractivity contribution >= 4 is 13.7 Å². The van der Waals surface area contributed by atoms with Crippen LogP contribution in [0.2, 0.25) is 0 Å². The van der Waals surface area contributed by atoms with Crippen molar-refractivity contribution < 1.29 is 19.2 Å². The summed E-state index contributed by atoms with van der Waals surface area (Å²) in [4.78, 5) is 11.8. The van der Waals surface area contributed by atoms with E-state index in [2.05, 4.69) is 0 Å². The summed E-state index contributed by atoms with van der Waals surface area (Å²) in [5.74, 6) is -0.0658. The van der Waals surface area contributed by atoms with Crippen LogP contribution in [0.5, 0.6) is 5.75 Å². The maximum absolute atomic E-state index is 11.8. The monoisotopic (exact) mass is 255 g/mol. The largest absolute Gasteiger partial charge is 0.569 e. The van der Waals surface area contributed by atoms with Gasteiger partial charge >= 0.3 is 13.7 Å². The van der Waals surface area contributed by atoms with Crippen molar-refractivity contribution in [3.63, 3.8) is 0 Å². The van der Waals surface area contributed by atoms with Crippen molar-refractivity contribution in [1.29, 1.82) is 0 Å². The van der Waals surface area contributed by atoms with E-state index in [1.807, 2.05) is 30.3 Å². The maximum Gasteiger partial charge on any atom is 0.569 e. The highest BCUT2D eigenvalue weighted by Gasteiger charge is 2.08. The number of ether oxygens (including phenoxy) is 1. The van der Waals surface area contributed by atoms with E-state index in [0.29, 0.717) is 19.0 Å². The Morgan fingerprint density at radius 1 is 1.11 bits per heavy atom. The van der Waals surface area contributed by atoms with Gasteiger partial charge in [0.2, 0.25) is 0 Å². The van der Waals surface area contributed by atoms with E-state index in [0.717, 1.165) is 5.56 Å². The number of carbonyl (C=O) groups is 1. The van der Waals surface area contributed by atoms with Crippen LogP contribution >= 0.6 is 0 Å². The third kappa shape index (κ3) is 3.86. The van der Waals surface area contributed by atoms with Gasteiger partial charge in [-0.25, -0.2) is 4.79 Å². The molecule has 19 heavy (non-hydrogen) atoms. The summed E-state index contributed by atoms with van der Waals surface area (Å²) in [5, 5.41) is 8.54. The number of rotatable bonds is 5. The zero-order valence-corrected chi connectivity index (χ0v) is 10.2. The zero-order valence-electron chi connectivity index (χ0n) is 10.2. The van der Waals surface area contributed by atoms with E-state index < -0.39 is 5.97 Å². The molecule has 0 saturated heterocycles. The molecule has 0 aliphatic rings. The molecule has 2 rings (SSSR count). The van der Waals surface area contributed by atoms with Crippen molar-refractivity contribution in [3.8, 4) is 5.75 Å². The molecular formula is C14H12BO4. The van der Waals surface area contributed by atoms with E-state index in [4.69, 9.17) is 14.4 Å². The molecule has 2 aromatic carbocycles. The Kier molecular flexibility index (Phi) is 4.58. The first-order valence-corrected chi connectivity index (χ1v) is 5.73. The molecule has 0 aliphatic heterocycles. The highest BCUT2D eigenvalue weighted by Crippen LogP contribution is 2.14. The first-order valence-electron chi connectivity index (χ1n) is 5.73. The average Bonchev–Trinajstić information content (AvgIpc) is 2.46. The fraction of sp³-hybridized carbons (Fsp3) is 0.0714. The van der Waals surface area contributed by atoms with E-state index >= 15 is 0 Å². The smallest absolute Gasteiger partial charge is 0.537 e. The van der Waals surface area contributed by atoms with Crippen LogP contribution in [0.3, 0.4) is 0 Å². The molecule has 0 bridgehead atoms. The molecule has 1 N–H and O–H groups in total. The Morgan fingerprint density at radius 3 is 2.63 bits per heavy atom. The molecule has 0 fully saturated rings. The summed E-state index contributed by atoms with van der Waals surface area (Å²) in [6.45, 7) is 0.219. The Morgan fingerprint density at radius 2 is 1.89 bits per heavy atom. The van der Waals surface area contributed by atoms with Gasteiger partial charge in [0.05, 0.1) is 5.56 Å². The summed E-state index contributed by atoms with van der Waals surface area (Å²) in [6.07, 6.45) is 0. The van der Waals surface area contributed by atoms with Crippen molar-refractivity contribution in [2.24, 2.45) is 0 Å². The number of benzene rings is 2. The van der Waals surface area contributed by atoms with Crippen LogP contribution in [-0.4, -0.2) is 18.7 Å². The molecule has 4 nitrogen and oxygen atoms in total. The highest BCUT2D eigenvalue weighted by atomic mass is 16.5. The lowest BCUT2D eigenvalue weighted by Gasteiger charge is -2.06. The van der Waals surface area contributed by atoms with E-state index in [1.165, 1.54) is 6.07 Å². The van der Waals surface area contributed by atoms with Crippen LogP contribution in [0, 0.1) is 0 Å². The summed E-state index contributed by atoms with van der Waals surface area (Å²) >= 11 is 0. The molecule has 1 radical (unpaired) electrons. The Bertz CT molecular complexity index is 542. The van der Waals surface area contributed by atoms with Crippen molar-refractivity contribution in [2.45, 2.75) is 6.61 Å². The predicted octanol–water partition coefficient (Wildman–Crippen LogP) is 1.95. The molecule has 0 spiro atoms. The van der Waals surface area contributed by atoms with Gasteiger partial charge in [-0.2, -0.15) is 0 Å². The second kappa shape index (κ2) is 6.61. The van der Waals surface area contributed by atoms with Gasteiger partial charge in [0.15, 0.2) is 0 Å². The molecule has 0 aliphatic carbocycles. The molecule has 0 saturated carbocycles. The summed E-state index contributed by atoms with van der Waals surface area (Å²) in [7, 11) is 0.564. The van der Waals surface area contributed by atoms with Gasteiger partial charge in [0.1, 0.15) is 12.4 Å².